The fourth-order valence-electron chi connectivity index (χ4n) is 3.50. The molecule has 0 aliphatic carbocycles. The molecule has 1 fully saturated rings. The zero-order valence-corrected chi connectivity index (χ0v) is 16.0. The number of rotatable bonds is 5. The second kappa shape index (κ2) is 8.67. The van der Waals surface area contributed by atoms with Crippen molar-refractivity contribution < 1.29 is 27.5 Å². The van der Waals surface area contributed by atoms with Gasteiger partial charge in [0, 0.05) is 13.1 Å². The molecule has 6 nitrogen and oxygen atoms in total. The van der Waals surface area contributed by atoms with Crippen molar-refractivity contribution >= 4 is 11.9 Å². The fraction of sp³-hybridized carbons (Fsp3) is 0.450. The Hall–Kier alpha value is -2.84. The SMILES string of the molecule is CCOC(=O)C1CCCN(C(=O)c2cnn(Cc3ccccc3)c2C(F)(F)F)C1. The summed E-state index contributed by atoms with van der Waals surface area (Å²) in [5.74, 6) is -1.73. The van der Waals surface area contributed by atoms with Gasteiger partial charge in [-0.05, 0) is 25.3 Å². The van der Waals surface area contributed by atoms with Gasteiger partial charge in [-0.15, -0.1) is 0 Å². The number of likely N-dealkylation sites (tertiary alicyclic amines) is 1. The summed E-state index contributed by atoms with van der Waals surface area (Å²) in [6.07, 6.45) is -2.72. The standard InChI is InChI=1S/C20H22F3N3O3/c1-2-29-19(28)15-9-6-10-25(13-15)18(27)16-11-24-26(17(16)20(21,22)23)12-14-7-4-3-5-8-14/h3-5,7-8,11,15H,2,6,9-10,12-13H2,1H3. The maximum absolute atomic E-state index is 13.8. The third kappa shape index (κ3) is 4.78. The van der Waals surface area contributed by atoms with Crippen LogP contribution < -0.4 is 0 Å². The van der Waals surface area contributed by atoms with E-state index in [1.165, 1.54) is 4.90 Å². The predicted molar refractivity (Wildman–Crippen MR) is 98.0 cm³/mol. The summed E-state index contributed by atoms with van der Waals surface area (Å²) in [6.45, 7) is 2.12. The Morgan fingerprint density at radius 3 is 2.62 bits per heavy atom. The molecule has 1 aliphatic rings. The number of aromatic nitrogens is 2. The number of carbonyl (C=O) groups excluding carboxylic acids is 2. The van der Waals surface area contributed by atoms with Crippen molar-refractivity contribution in [3.05, 3.63) is 53.3 Å². The van der Waals surface area contributed by atoms with Gasteiger partial charge in [0.25, 0.3) is 5.91 Å². The molecule has 0 radical (unpaired) electrons. The van der Waals surface area contributed by atoms with Crippen molar-refractivity contribution in [2.75, 3.05) is 19.7 Å². The van der Waals surface area contributed by atoms with E-state index in [9.17, 15) is 22.8 Å². The Labute approximate surface area is 166 Å². The Bertz CT molecular complexity index is 865. The second-order valence-electron chi connectivity index (χ2n) is 6.89. The summed E-state index contributed by atoms with van der Waals surface area (Å²) in [5, 5.41) is 3.83. The Kier molecular flexibility index (Phi) is 6.24. The van der Waals surface area contributed by atoms with Gasteiger partial charge in [-0.2, -0.15) is 18.3 Å². The Balaban J connectivity index is 1.86. The molecule has 1 aliphatic heterocycles. The second-order valence-corrected chi connectivity index (χ2v) is 6.89. The highest BCUT2D eigenvalue weighted by Gasteiger charge is 2.42. The van der Waals surface area contributed by atoms with Crippen LogP contribution in [0.5, 0.6) is 0 Å². The number of nitrogens with zero attached hydrogens (tertiary/aromatic N) is 3. The average molecular weight is 409 g/mol. The lowest BCUT2D eigenvalue weighted by Gasteiger charge is -2.31. The van der Waals surface area contributed by atoms with Crippen LogP contribution in [0, 0.1) is 5.92 Å². The van der Waals surface area contributed by atoms with Crippen molar-refractivity contribution in [3.8, 4) is 0 Å². The molecular weight excluding hydrogens is 387 g/mol. The van der Waals surface area contributed by atoms with Gasteiger partial charge in [-0.1, -0.05) is 30.3 Å². The van der Waals surface area contributed by atoms with Gasteiger partial charge >= 0.3 is 12.1 Å². The van der Waals surface area contributed by atoms with Crippen LogP contribution in [0.3, 0.4) is 0 Å². The molecule has 1 atom stereocenters. The largest absolute Gasteiger partial charge is 0.466 e. The van der Waals surface area contributed by atoms with Gasteiger partial charge in [0.2, 0.25) is 0 Å². The molecular formula is C20H22F3N3O3. The Morgan fingerprint density at radius 2 is 1.97 bits per heavy atom. The van der Waals surface area contributed by atoms with E-state index in [0.29, 0.717) is 18.4 Å². The van der Waals surface area contributed by atoms with Crippen LogP contribution in [0.25, 0.3) is 0 Å². The minimum absolute atomic E-state index is 0.0405. The quantitative estimate of drug-likeness (QED) is 0.711. The number of carbonyl (C=O) groups is 2. The highest BCUT2D eigenvalue weighted by Crippen LogP contribution is 2.33. The number of alkyl halides is 3. The first-order valence-electron chi connectivity index (χ1n) is 9.44. The highest BCUT2D eigenvalue weighted by atomic mass is 19.4. The molecule has 3 rings (SSSR count). The Morgan fingerprint density at radius 1 is 1.24 bits per heavy atom. The van der Waals surface area contributed by atoms with Crippen molar-refractivity contribution in [1.82, 2.24) is 14.7 Å². The first-order chi connectivity index (χ1) is 13.8. The number of benzene rings is 1. The summed E-state index contributed by atoms with van der Waals surface area (Å²) < 4.78 is 47.1. The minimum atomic E-state index is -4.74. The number of ether oxygens (including phenoxy) is 1. The summed E-state index contributed by atoms with van der Waals surface area (Å²) >= 11 is 0. The van der Waals surface area contributed by atoms with Gasteiger partial charge in [-0.25, -0.2) is 0 Å². The highest BCUT2D eigenvalue weighted by molar-refractivity contribution is 5.95. The van der Waals surface area contributed by atoms with Crippen LogP contribution in [0.1, 0.15) is 41.4 Å². The van der Waals surface area contributed by atoms with E-state index in [4.69, 9.17) is 4.74 Å². The monoisotopic (exact) mass is 409 g/mol. The molecule has 1 unspecified atom stereocenters. The number of hydrogen-bond donors (Lipinski definition) is 0. The van der Waals surface area contributed by atoms with E-state index in [1.807, 2.05) is 0 Å². The predicted octanol–water partition coefficient (Wildman–Crippen LogP) is 3.37. The van der Waals surface area contributed by atoms with Crippen molar-refractivity contribution in [2.45, 2.75) is 32.5 Å². The normalized spacial score (nSPS) is 17.2. The fourth-order valence-corrected chi connectivity index (χ4v) is 3.50. The van der Waals surface area contributed by atoms with E-state index in [1.54, 1.807) is 37.3 Å². The zero-order valence-electron chi connectivity index (χ0n) is 16.0. The maximum atomic E-state index is 13.8. The van der Waals surface area contributed by atoms with E-state index in [0.717, 1.165) is 10.9 Å². The summed E-state index contributed by atoms with van der Waals surface area (Å²) in [6, 6.07) is 8.60. The smallest absolute Gasteiger partial charge is 0.433 e. The van der Waals surface area contributed by atoms with Crippen molar-refractivity contribution in [2.24, 2.45) is 5.92 Å². The van der Waals surface area contributed by atoms with Gasteiger partial charge in [0.1, 0.15) is 0 Å². The first kappa shape index (κ1) is 20.9. The lowest BCUT2D eigenvalue weighted by atomic mass is 9.97. The van der Waals surface area contributed by atoms with Crippen LogP contribution in [0.2, 0.25) is 0 Å². The summed E-state index contributed by atoms with van der Waals surface area (Å²) in [7, 11) is 0. The van der Waals surface area contributed by atoms with Crippen molar-refractivity contribution in [1.29, 1.82) is 0 Å². The molecule has 0 saturated carbocycles. The molecule has 9 heteroatoms. The van der Waals surface area contributed by atoms with Crippen LogP contribution in [0.15, 0.2) is 36.5 Å². The van der Waals surface area contributed by atoms with E-state index in [2.05, 4.69) is 5.10 Å². The van der Waals surface area contributed by atoms with Crippen LogP contribution >= 0.6 is 0 Å². The number of piperidine rings is 1. The third-order valence-electron chi connectivity index (χ3n) is 4.84. The first-order valence-corrected chi connectivity index (χ1v) is 9.44. The topological polar surface area (TPSA) is 64.4 Å². The molecule has 2 heterocycles. The molecule has 1 saturated heterocycles. The molecule has 2 aromatic rings. The molecule has 1 aromatic carbocycles. The van der Waals surface area contributed by atoms with Gasteiger partial charge in [0.05, 0.1) is 30.8 Å². The molecule has 0 bridgehead atoms. The van der Waals surface area contributed by atoms with Crippen LogP contribution in [-0.4, -0.2) is 46.3 Å². The summed E-state index contributed by atoms with van der Waals surface area (Å²) in [4.78, 5) is 26.1. The maximum Gasteiger partial charge on any atom is 0.433 e. The zero-order chi connectivity index (χ0) is 21.0. The van der Waals surface area contributed by atoms with E-state index >= 15 is 0 Å². The molecule has 156 valence electrons. The van der Waals surface area contributed by atoms with Gasteiger partial charge < -0.3 is 9.64 Å². The van der Waals surface area contributed by atoms with Crippen LogP contribution in [0.4, 0.5) is 13.2 Å². The molecule has 0 spiro atoms. The minimum Gasteiger partial charge on any atom is -0.466 e. The van der Waals surface area contributed by atoms with Gasteiger partial charge in [0.15, 0.2) is 5.69 Å². The van der Waals surface area contributed by atoms with E-state index in [-0.39, 0.29) is 26.2 Å². The van der Waals surface area contributed by atoms with E-state index < -0.39 is 35.2 Å². The lowest BCUT2D eigenvalue weighted by molar-refractivity contribution is -0.149. The molecule has 1 aromatic heterocycles. The third-order valence-corrected chi connectivity index (χ3v) is 4.84. The van der Waals surface area contributed by atoms with Crippen molar-refractivity contribution in [3.63, 3.8) is 0 Å². The molecule has 1 amide bonds. The molecule has 29 heavy (non-hydrogen) atoms. The average Bonchev–Trinajstić information content (AvgIpc) is 3.12. The number of amides is 1. The molecule has 0 N–H and O–H groups in total. The number of halogens is 3. The number of hydrogen-bond acceptors (Lipinski definition) is 4. The lowest BCUT2D eigenvalue weighted by Crippen LogP contribution is -2.43. The van der Waals surface area contributed by atoms with Gasteiger partial charge in [-0.3, -0.25) is 14.3 Å². The number of esters is 1. The summed E-state index contributed by atoms with van der Waals surface area (Å²) in [5.41, 5.74) is -0.942. The van der Waals surface area contributed by atoms with Crippen LogP contribution in [-0.2, 0) is 22.3 Å².